The van der Waals surface area contributed by atoms with Crippen LogP contribution in [0, 0.1) is 22.1 Å². The van der Waals surface area contributed by atoms with Crippen LogP contribution in [0.1, 0.15) is 10.4 Å². The van der Waals surface area contributed by atoms with Crippen molar-refractivity contribution < 1.29 is 28.2 Å². The summed E-state index contributed by atoms with van der Waals surface area (Å²) < 4.78 is 38.9. The van der Waals surface area contributed by atoms with Crippen molar-refractivity contribution in [2.24, 2.45) is 0 Å². The number of benzene rings is 1. The van der Waals surface area contributed by atoms with Crippen molar-refractivity contribution in [1.29, 1.82) is 0 Å². The van der Waals surface area contributed by atoms with E-state index in [9.17, 15) is 23.1 Å². The molecule has 1 aromatic heterocycles. The number of aromatic carboxylic acids is 1. The molecule has 0 amide bonds. The average Bonchev–Trinajstić information content (AvgIpc) is 2.28. The van der Waals surface area contributed by atoms with Crippen LogP contribution in [0.25, 0.3) is 10.9 Å². The van der Waals surface area contributed by atoms with Gasteiger partial charge in [0.1, 0.15) is 16.0 Å². The molecule has 0 fully saturated rings. The molecule has 0 aliphatic rings. The Labute approximate surface area is 102 Å². The van der Waals surface area contributed by atoms with Crippen LogP contribution in [0.2, 0.25) is 0 Å². The van der Waals surface area contributed by atoms with Gasteiger partial charge in [0.25, 0.3) is 0 Å². The minimum Gasteiger partial charge on any atom is -0.506 e. The number of fused-ring (bicyclic) bond motifs is 1. The van der Waals surface area contributed by atoms with Crippen LogP contribution in [-0.4, -0.2) is 21.2 Å². The Kier molecular flexibility index (Phi) is 2.74. The normalized spacial score (nSPS) is 10.8. The van der Waals surface area contributed by atoms with Crippen molar-refractivity contribution in [3.8, 4) is 5.75 Å². The van der Waals surface area contributed by atoms with Crippen LogP contribution in [0.15, 0.2) is 6.07 Å². The van der Waals surface area contributed by atoms with Crippen LogP contribution in [0.5, 0.6) is 5.75 Å². The Hall–Kier alpha value is -2.09. The number of aromatic nitrogens is 1. The molecule has 0 spiro atoms. The van der Waals surface area contributed by atoms with E-state index in [1.54, 1.807) is 0 Å². The van der Waals surface area contributed by atoms with Crippen LogP contribution in [-0.2, 0) is 0 Å². The van der Waals surface area contributed by atoms with Crippen LogP contribution in [0.3, 0.4) is 0 Å². The van der Waals surface area contributed by atoms with E-state index in [0.29, 0.717) is 6.07 Å². The van der Waals surface area contributed by atoms with Crippen LogP contribution < -0.4 is 0 Å². The lowest BCUT2D eigenvalue weighted by molar-refractivity contribution is 0.0693. The Morgan fingerprint density at radius 1 is 1.28 bits per heavy atom. The highest BCUT2D eigenvalue weighted by Gasteiger charge is 2.21. The molecule has 0 saturated carbocycles. The Bertz CT molecular complexity index is 741. The largest absolute Gasteiger partial charge is 0.506 e. The van der Waals surface area contributed by atoms with Gasteiger partial charge in [0.15, 0.2) is 17.5 Å². The number of aromatic hydroxyl groups is 1. The summed E-state index contributed by atoms with van der Waals surface area (Å²) in [5.74, 6) is -7.35. The molecule has 1 aromatic carbocycles. The van der Waals surface area contributed by atoms with Gasteiger partial charge in [0.05, 0.1) is 5.52 Å². The smallest absolute Gasteiger partial charge is 0.342 e. The molecule has 4 nitrogen and oxygen atoms in total. The summed E-state index contributed by atoms with van der Waals surface area (Å²) in [7, 11) is 0. The van der Waals surface area contributed by atoms with Gasteiger partial charge in [-0.25, -0.2) is 18.0 Å². The molecule has 18 heavy (non-hydrogen) atoms. The van der Waals surface area contributed by atoms with Gasteiger partial charge in [-0.2, -0.15) is 0 Å². The number of aromatic amines is 1. The fourth-order valence-electron chi connectivity index (χ4n) is 1.52. The monoisotopic (exact) mass is 275 g/mol. The molecule has 2 rings (SSSR count). The summed E-state index contributed by atoms with van der Waals surface area (Å²) in [6.07, 6.45) is 0. The van der Waals surface area contributed by atoms with E-state index >= 15 is 0 Å². The molecule has 1 heterocycles. The summed E-state index contributed by atoms with van der Waals surface area (Å²) in [5.41, 5.74) is -1.30. The zero-order valence-corrected chi connectivity index (χ0v) is 9.24. The predicted octanol–water partition coefficient (Wildman–Crippen LogP) is 2.72. The minimum absolute atomic E-state index is 0.487. The van der Waals surface area contributed by atoms with E-state index in [1.165, 1.54) is 0 Å². The van der Waals surface area contributed by atoms with Gasteiger partial charge in [-0.15, -0.1) is 0 Å². The lowest BCUT2D eigenvalue weighted by Crippen LogP contribution is -2.03. The third kappa shape index (κ3) is 1.61. The highest BCUT2D eigenvalue weighted by molar-refractivity contribution is 7.71. The molecule has 0 aliphatic carbocycles. The summed E-state index contributed by atoms with van der Waals surface area (Å²) in [6.45, 7) is 0. The number of halogens is 3. The third-order valence-electron chi connectivity index (χ3n) is 2.33. The molecule has 94 valence electrons. The number of carboxylic acids is 1. The molecule has 0 radical (unpaired) electrons. The maximum atomic E-state index is 13.4. The number of carbonyl (C=O) groups is 1. The Balaban J connectivity index is 3.06. The van der Waals surface area contributed by atoms with Gasteiger partial charge < -0.3 is 15.2 Å². The fourth-order valence-corrected chi connectivity index (χ4v) is 1.81. The number of pyridine rings is 1. The second-order valence-electron chi connectivity index (χ2n) is 3.39. The van der Waals surface area contributed by atoms with E-state index in [1.807, 2.05) is 0 Å². The maximum absolute atomic E-state index is 13.4. The number of H-pyrrole nitrogens is 1. The lowest BCUT2D eigenvalue weighted by Gasteiger charge is -2.07. The zero-order valence-electron chi connectivity index (χ0n) is 8.42. The first-order chi connectivity index (χ1) is 8.34. The van der Waals surface area contributed by atoms with Gasteiger partial charge in [-0.1, -0.05) is 12.2 Å². The number of hydrogen-bond donors (Lipinski definition) is 3. The molecule has 8 heteroatoms. The van der Waals surface area contributed by atoms with E-state index in [2.05, 4.69) is 17.2 Å². The predicted molar refractivity (Wildman–Crippen MR) is 57.6 cm³/mol. The first-order valence-corrected chi connectivity index (χ1v) is 4.91. The quantitative estimate of drug-likeness (QED) is 0.552. The fraction of sp³-hybridized carbons (Fsp3) is 0. The van der Waals surface area contributed by atoms with Gasteiger partial charge >= 0.3 is 5.97 Å². The summed E-state index contributed by atoms with van der Waals surface area (Å²) in [6, 6.07) is 0.487. The summed E-state index contributed by atoms with van der Waals surface area (Å²) in [4.78, 5) is 12.9. The number of carboxylic acid groups (broad SMARTS) is 1. The number of nitrogens with one attached hydrogen (secondary N) is 1. The molecule has 0 atom stereocenters. The average molecular weight is 275 g/mol. The summed E-state index contributed by atoms with van der Waals surface area (Å²) >= 11 is 4.60. The second-order valence-corrected chi connectivity index (χ2v) is 3.80. The number of hydrogen-bond acceptors (Lipinski definition) is 3. The zero-order chi connectivity index (χ0) is 13.6. The van der Waals surface area contributed by atoms with Gasteiger partial charge in [0, 0.05) is 5.39 Å². The first-order valence-electron chi connectivity index (χ1n) is 4.50. The topological polar surface area (TPSA) is 73.3 Å². The minimum atomic E-state index is -1.74. The first kappa shape index (κ1) is 12.4. The van der Waals surface area contributed by atoms with Crippen molar-refractivity contribution in [2.75, 3.05) is 0 Å². The van der Waals surface area contributed by atoms with Crippen LogP contribution >= 0.6 is 12.2 Å². The van der Waals surface area contributed by atoms with Crippen molar-refractivity contribution in [3.05, 3.63) is 33.7 Å². The van der Waals surface area contributed by atoms with Gasteiger partial charge in [-0.05, 0) is 6.07 Å². The Morgan fingerprint density at radius 2 is 1.89 bits per heavy atom. The second kappa shape index (κ2) is 3.98. The third-order valence-corrected chi connectivity index (χ3v) is 2.64. The van der Waals surface area contributed by atoms with Crippen molar-refractivity contribution in [2.45, 2.75) is 0 Å². The van der Waals surface area contributed by atoms with E-state index in [0.717, 1.165) is 0 Å². The molecule has 0 unspecified atom stereocenters. The Morgan fingerprint density at radius 3 is 2.44 bits per heavy atom. The molecular formula is C10H4F3NO3S. The molecule has 0 saturated heterocycles. The lowest BCUT2D eigenvalue weighted by atomic mass is 10.1. The highest BCUT2D eigenvalue weighted by atomic mass is 32.1. The van der Waals surface area contributed by atoms with Crippen molar-refractivity contribution in [1.82, 2.24) is 4.98 Å². The van der Waals surface area contributed by atoms with Crippen LogP contribution in [0.4, 0.5) is 13.2 Å². The molecule has 0 bridgehead atoms. The van der Waals surface area contributed by atoms with E-state index in [4.69, 9.17) is 5.11 Å². The van der Waals surface area contributed by atoms with Crippen molar-refractivity contribution in [3.63, 3.8) is 0 Å². The van der Waals surface area contributed by atoms with E-state index in [-0.39, 0.29) is 0 Å². The molecule has 0 aliphatic heterocycles. The van der Waals surface area contributed by atoms with Crippen molar-refractivity contribution >= 4 is 29.1 Å². The van der Waals surface area contributed by atoms with Gasteiger partial charge in [0.2, 0.25) is 0 Å². The maximum Gasteiger partial charge on any atom is 0.342 e. The standard InChI is InChI=1S/C10H4F3NO3S/c11-3-1-2-7(6(13)5(3)12)14-9(18)4(8(2)15)10(16)17/h1H,(H,16,17)(H2,14,15,18). The molecular weight excluding hydrogens is 271 g/mol. The number of rotatable bonds is 1. The molecule has 3 N–H and O–H groups in total. The summed E-state index contributed by atoms with van der Waals surface area (Å²) in [5, 5.41) is 17.9. The highest BCUT2D eigenvalue weighted by Crippen LogP contribution is 2.31. The van der Waals surface area contributed by atoms with Gasteiger partial charge in [-0.3, -0.25) is 0 Å². The molecule has 2 aromatic rings. The van der Waals surface area contributed by atoms with E-state index < -0.39 is 50.3 Å². The SMILES string of the molecule is O=C(O)c1c(O)c2cc(F)c(F)c(F)c2[nH]c1=S.